The second kappa shape index (κ2) is 9.37. The Balaban J connectivity index is 2.02. The van der Waals surface area contributed by atoms with E-state index in [1.807, 2.05) is 26.0 Å². The third kappa shape index (κ3) is 5.96. The maximum Gasteiger partial charge on any atom is 0.257 e. The van der Waals surface area contributed by atoms with E-state index in [1.165, 1.54) is 0 Å². The first-order valence-electron chi connectivity index (χ1n) is 9.02. The van der Waals surface area contributed by atoms with Gasteiger partial charge in [0.15, 0.2) is 5.11 Å². The molecule has 0 aliphatic rings. The van der Waals surface area contributed by atoms with Gasteiger partial charge in [-0.15, -0.1) is 0 Å². The van der Waals surface area contributed by atoms with Crippen LogP contribution < -0.4 is 15.4 Å². The number of thiocarbonyl (C=S) groups is 1. The van der Waals surface area contributed by atoms with Gasteiger partial charge in [-0.1, -0.05) is 19.9 Å². The molecule has 0 radical (unpaired) electrons. The lowest BCUT2D eigenvalue weighted by Crippen LogP contribution is -2.34. The van der Waals surface area contributed by atoms with Crippen LogP contribution in [0.5, 0.6) is 11.5 Å². The Hall–Kier alpha value is -2.60. The minimum absolute atomic E-state index is 0.0697. The van der Waals surface area contributed by atoms with Gasteiger partial charge >= 0.3 is 0 Å². The lowest BCUT2D eigenvalue weighted by Gasteiger charge is -2.15. The van der Waals surface area contributed by atoms with Crippen molar-refractivity contribution in [3.8, 4) is 11.5 Å². The Labute approximate surface area is 165 Å². The Morgan fingerprint density at radius 1 is 1.15 bits per heavy atom. The number of rotatable bonds is 6. The molecule has 6 heteroatoms. The summed E-state index contributed by atoms with van der Waals surface area (Å²) < 4.78 is 5.56. The van der Waals surface area contributed by atoms with Gasteiger partial charge in [-0.3, -0.25) is 10.1 Å². The van der Waals surface area contributed by atoms with Crippen LogP contribution in [0, 0.1) is 0 Å². The van der Waals surface area contributed by atoms with Crippen LogP contribution in [-0.2, 0) is 0 Å². The average molecular weight is 387 g/mol. The first-order chi connectivity index (χ1) is 12.8. The van der Waals surface area contributed by atoms with Gasteiger partial charge in [-0.25, -0.2) is 0 Å². The second-order valence-electron chi connectivity index (χ2n) is 6.69. The molecule has 2 aromatic carbocycles. The summed E-state index contributed by atoms with van der Waals surface area (Å²) in [4.78, 5) is 12.3. The number of aromatic hydroxyl groups is 1. The summed E-state index contributed by atoms with van der Waals surface area (Å²) in [5.41, 5.74) is 2.03. The number of nitrogens with one attached hydrogen (secondary N) is 2. The number of phenols is 1. The molecule has 0 aliphatic carbocycles. The zero-order valence-electron chi connectivity index (χ0n) is 16.1. The number of anilines is 1. The van der Waals surface area contributed by atoms with Gasteiger partial charge < -0.3 is 15.2 Å². The van der Waals surface area contributed by atoms with E-state index >= 15 is 0 Å². The van der Waals surface area contributed by atoms with E-state index in [1.54, 1.807) is 30.3 Å². The van der Waals surface area contributed by atoms with E-state index in [9.17, 15) is 9.90 Å². The molecular weight excluding hydrogens is 360 g/mol. The molecule has 5 nitrogen and oxygen atoms in total. The Kier molecular flexibility index (Phi) is 7.19. The molecule has 2 rings (SSSR count). The summed E-state index contributed by atoms with van der Waals surface area (Å²) in [6, 6.07) is 12.2. The van der Waals surface area contributed by atoms with Crippen molar-refractivity contribution in [2.45, 2.75) is 46.1 Å². The van der Waals surface area contributed by atoms with Crippen molar-refractivity contribution >= 4 is 28.9 Å². The minimum Gasteiger partial charge on any atom is -0.506 e. The number of benzene rings is 2. The predicted octanol–water partition coefficient (Wildman–Crippen LogP) is 4.82. The van der Waals surface area contributed by atoms with Crippen LogP contribution in [0.2, 0.25) is 0 Å². The molecule has 2 aromatic rings. The molecule has 144 valence electrons. The van der Waals surface area contributed by atoms with Gasteiger partial charge in [0, 0.05) is 5.56 Å². The fourth-order valence-corrected chi connectivity index (χ4v) is 2.68. The van der Waals surface area contributed by atoms with Crippen molar-refractivity contribution < 1.29 is 14.6 Å². The van der Waals surface area contributed by atoms with Crippen LogP contribution >= 0.6 is 12.2 Å². The van der Waals surface area contributed by atoms with E-state index in [-0.39, 0.29) is 22.9 Å². The van der Waals surface area contributed by atoms with Crippen LogP contribution in [0.3, 0.4) is 0 Å². The van der Waals surface area contributed by atoms with Crippen LogP contribution in [0.1, 0.15) is 56.0 Å². The third-order valence-corrected chi connectivity index (χ3v) is 4.37. The number of carbonyl (C=O) groups is 1. The van der Waals surface area contributed by atoms with Crippen molar-refractivity contribution in [1.29, 1.82) is 0 Å². The standard InChI is InChI=1S/C21H26N2O3S/c1-5-14(4)16-8-11-19(24)18(12-16)22-21(27)23-20(25)15-6-9-17(10-7-15)26-13(2)3/h6-14,24H,5H2,1-4H3,(H2,22,23,25,27). The highest BCUT2D eigenvalue weighted by atomic mass is 32.1. The van der Waals surface area contributed by atoms with Crippen LogP contribution in [0.4, 0.5) is 5.69 Å². The largest absolute Gasteiger partial charge is 0.506 e. The quantitative estimate of drug-likeness (QED) is 0.490. The predicted molar refractivity (Wildman–Crippen MR) is 113 cm³/mol. The molecule has 1 atom stereocenters. The summed E-state index contributed by atoms with van der Waals surface area (Å²) in [6.45, 7) is 8.10. The third-order valence-electron chi connectivity index (χ3n) is 4.17. The highest BCUT2D eigenvalue weighted by molar-refractivity contribution is 7.80. The average Bonchev–Trinajstić information content (AvgIpc) is 2.62. The van der Waals surface area contributed by atoms with Crippen molar-refractivity contribution in [2.24, 2.45) is 0 Å². The normalized spacial score (nSPS) is 11.7. The second-order valence-corrected chi connectivity index (χ2v) is 7.09. The fraction of sp³-hybridized carbons (Fsp3) is 0.333. The molecule has 27 heavy (non-hydrogen) atoms. The molecule has 1 unspecified atom stereocenters. The molecule has 1 amide bonds. The number of ether oxygens (including phenoxy) is 1. The molecular formula is C21H26N2O3S. The summed E-state index contributed by atoms with van der Waals surface area (Å²) in [5, 5.41) is 15.7. The van der Waals surface area contributed by atoms with E-state index in [2.05, 4.69) is 24.5 Å². The fourth-order valence-electron chi connectivity index (χ4n) is 2.48. The van der Waals surface area contributed by atoms with E-state index in [0.29, 0.717) is 22.9 Å². The lowest BCUT2D eigenvalue weighted by atomic mass is 9.98. The van der Waals surface area contributed by atoms with Gasteiger partial charge in [-0.2, -0.15) is 0 Å². The number of hydrogen-bond acceptors (Lipinski definition) is 4. The summed E-state index contributed by atoms with van der Waals surface area (Å²) >= 11 is 5.21. The van der Waals surface area contributed by atoms with Gasteiger partial charge in [0.05, 0.1) is 11.8 Å². The van der Waals surface area contributed by atoms with Crippen LogP contribution in [0.25, 0.3) is 0 Å². The van der Waals surface area contributed by atoms with Gasteiger partial charge in [-0.05, 0) is 80.4 Å². The van der Waals surface area contributed by atoms with Gasteiger partial charge in [0.1, 0.15) is 11.5 Å². The lowest BCUT2D eigenvalue weighted by molar-refractivity contribution is 0.0977. The molecule has 0 heterocycles. The van der Waals surface area contributed by atoms with E-state index in [0.717, 1.165) is 12.0 Å². The maximum absolute atomic E-state index is 12.3. The van der Waals surface area contributed by atoms with E-state index in [4.69, 9.17) is 17.0 Å². The molecule has 3 N–H and O–H groups in total. The summed E-state index contributed by atoms with van der Waals surface area (Å²) in [7, 11) is 0. The minimum atomic E-state index is -0.332. The SMILES string of the molecule is CCC(C)c1ccc(O)c(NC(=S)NC(=O)c2ccc(OC(C)C)cc2)c1. The summed E-state index contributed by atoms with van der Waals surface area (Å²) in [6.07, 6.45) is 1.06. The first kappa shape index (κ1) is 20.7. The Morgan fingerprint density at radius 2 is 1.81 bits per heavy atom. The van der Waals surface area contributed by atoms with Crippen molar-refractivity contribution in [2.75, 3.05) is 5.32 Å². The van der Waals surface area contributed by atoms with Crippen molar-refractivity contribution in [3.63, 3.8) is 0 Å². The molecule has 0 aliphatic heterocycles. The van der Waals surface area contributed by atoms with Crippen LogP contribution in [-0.4, -0.2) is 22.2 Å². The molecule has 0 bridgehead atoms. The zero-order valence-corrected chi connectivity index (χ0v) is 16.9. The topological polar surface area (TPSA) is 70.6 Å². The van der Waals surface area contributed by atoms with Crippen molar-refractivity contribution in [3.05, 3.63) is 53.6 Å². The van der Waals surface area contributed by atoms with Gasteiger partial charge in [0.25, 0.3) is 5.91 Å². The monoisotopic (exact) mass is 386 g/mol. The van der Waals surface area contributed by atoms with E-state index < -0.39 is 0 Å². The number of carbonyl (C=O) groups excluding carboxylic acids is 1. The molecule has 0 saturated carbocycles. The Morgan fingerprint density at radius 3 is 2.41 bits per heavy atom. The number of amides is 1. The zero-order chi connectivity index (χ0) is 20.0. The first-order valence-corrected chi connectivity index (χ1v) is 9.43. The summed E-state index contributed by atoms with van der Waals surface area (Å²) in [5.74, 6) is 0.810. The highest BCUT2D eigenvalue weighted by Crippen LogP contribution is 2.29. The van der Waals surface area contributed by atoms with Crippen molar-refractivity contribution in [1.82, 2.24) is 5.32 Å². The van der Waals surface area contributed by atoms with Crippen LogP contribution in [0.15, 0.2) is 42.5 Å². The molecule has 0 spiro atoms. The highest BCUT2D eigenvalue weighted by Gasteiger charge is 2.12. The maximum atomic E-state index is 12.3. The van der Waals surface area contributed by atoms with Gasteiger partial charge in [0.2, 0.25) is 0 Å². The molecule has 0 fully saturated rings. The molecule has 0 saturated heterocycles. The smallest absolute Gasteiger partial charge is 0.257 e. The molecule has 0 aromatic heterocycles. The number of hydrogen-bond donors (Lipinski definition) is 3. The Bertz CT molecular complexity index is 804. The number of phenolic OH excluding ortho intramolecular Hbond substituents is 1.